The fourth-order valence-corrected chi connectivity index (χ4v) is 5.06. The Labute approximate surface area is 186 Å². The number of likely N-dealkylation sites (tertiary alicyclic amines) is 1. The van der Waals surface area contributed by atoms with E-state index in [1.807, 2.05) is 25.1 Å². The highest BCUT2D eigenvalue weighted by Crippen LogP contribution is 2.35. The summed E-state index contributed by atoms with van der Waals surface area (Å²) in [6.45, 7) is 9.34. The van der Waals surface area contributed by atoms with Crippen LogP contribution in [0.2, 0.25) is 0 Å². The van der Waals surface area contributed by atoms with Crippen molar-refractivity contribution < 1.29 is 14.2 Å². The molecule has 5 nitrogen and oxygen atoms in total. The van der Waals surface area contributed by atoms with Gasteiger partial charge in [-0.3, -0.25) is 9.80 Å². The summed E-state index contributed by atoms with van der Waals surface area (Å²) < 4.78 is 16.9. The van der Waals surface area contributed by atoms with Crippen molar-refractivity contribution in [3.63, 3.8) is 0 Å². The quantitative estimate of drug-likeness (QED) is 0.629. The molecule has 0 atom stereocenters. The number of nitrogens with zero attached hydrogens (tertiary/aromatic N) is 2. The van der Waals surface area contributed by atoms with Gasteiger partial charge in [-0.15, -0.1) is 0 Å². The molecule has 0 N–H and O–H groups in total. The third kappa shape index (κ3) is 5.34. The van der Waals surface area contributed by atoms with Gasteiger partial charge in [0, 0.05) is 37.3 Å². The molecule has 0 radical (unpaired) electrons. The zero-order valence-electron chi connectivity index (χ0n) is 19.2. The maximum atomic E-state index is 5.65. The van der Waals surface area contributed by atoms with E-state index in [1.165, 1.54) is 49.2 Å². The van der Waals surface area contributed by atoms with E-state index in [1.54, 1.807) is 14.2 Å². The summed E-state index contributed by atoms with van der Waals surface area (Å²) in [5.41, 5.74) is 3.97. The Balaban J connectivity index is 1.29. The van der Waals surface area contributed by atoms with Crippen molar-refractivity contribution in [1.29, 1.82) is 0 Å². The van der Waals surface area contributed by atoms with Crippen LogP contribution in [0.1, 0.15) is 36.5 Å². The molecule has 0 bridgehead atoms. The van der Waals surface area contributed by atoms with Crippen LogP contribution < -0.4 is 14.2 Å². The van der Waals surface area contributed by atoms with E-state index < -0.39 is 0 Å². The van der Waals surface area contributed by atoms with E-state index >= 15 is 0 Å². The first-order valence-corrected chi connectivity index (χ1v) is 11.6. The van der Waals surface area contributed by atoms with Gasteiger partial charge in [0.05, 0.1) is 20.8 Å². The molecule has 2 aliphatic heterocycles. The van der Waals surface area contributed by atoms with Crippen molar-refractivity contribution in [2.24, 2.45) is 5.92 Å². The van der Waals surface area contributed by atoms with Crippen molar-refractivity contribution in [3.8, 4) is 17.2 Å². The molecular weight excluding hydrogens is 388 g/mol. The Bertz CT molecular complexity index is 862. The van der Waals surface area contributed by atoms with Crippen LogP contribution in [0.4, 0.5) is 0 Å². The average Bonchev–Trinajstić information content (AvgIpc) is 2.80. The van der Waals surface area contributed by atoms with E-state index in [0.717, 1.165) is 49.2 Å². The molecular formula is C26H36N2O3. The lowest BCUT2D eigenvalue weighted by Gasteiger charge is -2.37. The van der Waals surface area contributed by atoms with Gasteiger partial charge in [0.1, 0.15) is 17.2 Å². The first-order chi connectivity index (χ1) is 15.2. The second kappa shape index (κ2) is 10.4. The maximum Gasteiger partial charge on any atom is 0.123 e. The Kier molecular flexibility index (Phi) is 7.36. The summed E-state index contributed by atoms with van der Waals surface area (Å²) in [4.78, 5) is 5.19. The fourth-order valence-electron chi connectivity index (χ4n) is 5.06. The van der Waals surface area contributed by atoms with Crippen molar-refractivity contribution in [1.82, 2.24) is 9.80 Å². The topological polar surface area (TPSA) is 34.2 Å². The first-order valence-electron chi connectivity index (χ1n) is 11.6. The molecule has 31 heavy (non-hydrogen) atoms. The van der Waals surface area contributed by atoms with Gasteiger partial charge < -0.3 is 14.2 Å². The Hall–Kier alpha value is -2.24. The normalized spacial score (nSPS) is 17.9. The van der Waals surface area contributed by atoms with Crippen LogP contribution in [0.15, 0.2) is 36.4 Å². The number of methoxy groups -OCH3 is 2. The lowest BCUT2D eigenvalue weighted by molar-refractivity contribution is 0.131. The Morgan fingerprint density at radius 3 is 2.35 bits per heavy atom. The summed E-state index contributed by atoms with van der Waals surface area (Å²) >= 11 is 0. The minimum atomic E-state index is 0.717. The number of hydrogen-bond donors (Lipinski definition) is 0. The maximum absolute atomic E-state index is 5.65. The molecule has 2 aromatic rings. The van der Waals surface area contributed by atoms with E-state index in [2.05, 4.69) is 28.0 Å². The van der Waals surface area contributed by atoms with Crippen molar-refractivity contribution in [2.75, 3.05) is 47.0 Å². The minimum Gasteiger partial charge on any atom is -0.496 e. The summed E-state index contributed by atoms with van der Waals surface area (Å²) in [7, 11) is 3.52. The lowest BCUT2D eigenvalue weighted by atomic mass is 9.93. The Morgan fingerprint density at radius 1 is 0.903 bits per heavy atom. The second-order valence-corrected chi connectivity index (χ2v) is 8.71. The SMILES string of the molecule is CCOc1cccc(CN2CCC(CN3CCc4c(OC)ccc(OC)c4C3)CC2)c1. The smallest absolute Gasteiger partial charge is 0.123 e. The number of piperidine rings is 1. The molecule has 2 aliphatic rings. The van der Waals surface area contributed by atoms with Gasteiger partial charge in [-0.25, -0.2) is 0 Å². The van der Waals surface area contributed by atoms with Gasteiger partial charge in [-0.1, -0.05) is 12.1 Å². The average molecular weight is 425 g/mol. The highest BCUT2D eigenvalue weighted by atomic mass is 16.5. The molecule has 168 valence electrons. The van der Waals surface area contributed by atoms with Gasteiger partial charge in [0.25, 0.3) is 0 Å². The molecule has 0 saturated carbocycles. The molecule has 2 aromatic carbocycles. The highest BCUT2D eigenvalue weighted by Gasteiger charge is 2.26. The van der Waals surface area contributed by atoms with Crippen LogP contribution in [0.3, 0.4) is 0 Å². The largest absolute Gasteiger partial charge is 0.496 e. The van der Waals surface area contributed by atoms with Crippen LogP contribution in [-0.4, -0.2) is 56.8 Å². The minimum absolute atomic E-state index is 0.717. The number of rotatable bonds is 8. The van der Waals surface area contributed by atoms with Crippen molar-refractivity contribution >= 4 is 0 Å². The van der Waals surface area contributed by atoms with Gasteiger partial charge in [0.15, 0.2) is 0 Å². The summed E-state index contributed by atoms with van der Waals surface area (Å²) in [5.74, 6) is 3.73. The second-order valence-electron chi connectivity index (χ2n) is 8.71. The van der Waals surface area contributed by atoms with Crippen LogP contribution in [0.5, 0.6) is 17.2 Å². The third-order valence-corrected chi connectivity index (χ3v) is 6.68. The van der Waals surface area contributed by atoms with E-state index in [4.69, 9.17) is 14.2 Å². The predicted octanol–water partition coefficient (Wildman–Crippen LogP) is 4.37. The summed E-state index contributed by atoms with van der Waals surface area (Å²) in [6.07, 6.45) is 3.57. The van der Waals surface area contributed by atoms with Crippen molar-refractivity contribution in [2.45, 2.75) is 39.3 Å². The van der Waals surface area contributed by atoms with E-state index in [9.17, 15) is 0 Å². The molecule has 5 heteroatoms. The summed E-state index contributed by atoms with van der Waals surface area (Å²) in [5, 5.41) is 0. The van der Waals surface area contributed by atoms with Crippen LogP contribution in [0.25, 0.3) is 0 Å². The third-order valence-electron chi connectivity index (χ3n) is 6.68. The first kappa shape index (κ1) is 22.0. The van der Waals surface area contributed by atoms with Crippen LogP contribution >= 0.6 is 0 Å². The monoisotopic (exact) mass is 424 g/mol. The zero-order valence-corrected chi connectivity index (χ0v) is 19.2. The fraction of sp³-hybridized carbons (Fsp3) is 0.538. The molecule has 0 unspecified atom stereocenters. The van der Waals surface area contributed by atoms with Gasteiger partial charge in [-0.2, -0.15) is 0 Å². The number of ether oxygens (including phenoxy) is 3. The number of fused-ring (bicyclic) bond motifs is 1. The van der Waals surface area contributed by atoms with Crippen LogP contribution in [0, 0.1) is 5.92 Å². The molecule has 0 aliphatic carbocycles. The lowest BCUT2D eigenvalue weighted by Crippen LogP contribution is -2.40. The molecule has 0 aromatic heterocycles. The van der Waals surface area contributed by atoms with Gasteiger partial charge in [-0.05, 0) is 75.0 Å². The van der Waals surface area contributed by atoms with E-state index in [-0.39, 0.29) is 0 Å². The van der Waals surface area contributed by atoms with Crippen molar-refractivity contribution in [3.05, 3.63) is 53.1 Å². The Morgan fingerprint density at radius 2 is 1.65 bits per heavy atom. The molecule has 1 saturated heterocycles. The van der Waals surface area contributed by atoms with Gasteiger partial charge in [0.2, 0.25) is 0 Å². The number of hydrogen-bond acceptors (Lipinski definition) is 5. The predicted molar refractivity (Wildman–Crippen MR) is 124 cm³/mol. The standard InChI is InChI=1S/C26H36N2O3/c1-4-31-22-7-5-6-21(16-22)18-27-13-10-20(11-14-27)17-28-15-12-23-24(19-28)26(30-3)9-8-25(23)29-2/h5-9,16,20H,4,10-15,17-19H2,1-3H3. The molecule has 1 fully saturated rings. The van der Waals surface area contributed by atoms with E-state index in [0.29, 0.717) is 6.61 Å². The van der Waals surface area contributed by atoms with Gasteiger partial charge >= 0.3 is 0 Å². The molecule has 0 amide bonds. The molecule has 2 heterocycles. The summed E-state index contributed by atoms with van der Waals surface area (Å²) in [6, 6.07) is 12.6. The van der Waals surface area contributed by atoms with Crippen LogP contribution in [-0.2, 0) is 19.5 Å². The zero-order chi connectivity index (χ0) is 21.6. The highest BCUT2D eigenvalue weighted by molar-refractivity contribution is 5.50. The molecule has 0 spiro atoms. The molecule has 4 rings (SSSR count). The number of benzene rings is 2.